The first-order valence-electron chi connectivity index (χ1n) is 7.31. The number of halogens is 1. The third-order valence-corrected chi connectivity index (χ3v) is 4.43. The number of carbonyl (C=O) groups is 1. The Bertz CT molecular complexity index is 846. The maximum absolute atomic E-state index is 11.0. The highest BCUT2D eigenvalue weighted by atomic mass is 35.5. The largest absolute Gasteiger partial charge is 0.440 e. The Morgan fingerprint density at radius 3 is 2.75 bits per heavy atom. The predicted octanol–water partition coefficient (Wildman–Crippen LogP) is 5.25. The van der Waals surface area contributed by atoms with E-state index in [9.17, 15) is 4.79 Å². The molecule has 0 spiro atoms. The fourth-order valence-corrected chi connectivity index (χ4v) is 3.08. The number of hydrogen-bond acceptors (Lipinski definition) is 4. The highest BCUT2D eigenvalue weighted by Gasteiger charge is 2.07. The van der Waals surface area contributed by atoms with Crippen molar-refractivity contribution < 1.29 is 9.21 Å². The van der Waals surface area contributed by atoms with E-state index in [0.717, 1.165) is 16.1 Å². The molecule has 6 heteroatoms. The lowest BCUT2D eigenvalue weighted by Crippen LogP contribution is -2.05. The highest BCUT2D eigenvalue weighted by molar-refractivity contribution is 7.98. The average molecular weight is 359 g/mol. The third kappa shape index (κ3) is 4.40. The van der Waals surface area contributed by atoms with Gasteiger partial charge in [0.1, 0.15) is 0 Å². The molecule has 1 aromatic heterocycles. The van der Waals surface area contributed by atoms with Gasteiger partial charge in [0.25, 0.3) is 0 Å². The van der Waals surface area contributed by atoms with Gasteiger partial charge in [-0.15, -0.1) is 11.8 Å². The summed E-state index contributed by atoms with van der Waals surface area (Å²) < 4.78 is 5.78. The fraction of sp³-hybridized carbons (Fsp3) is 0.111. The lowest BCUT2D eigenvalue weighted by Gasteiger charge is -2.03. The normalized spacial score (nSPS) is 10.6. The number of hydrogen-bond donors (Lipinski definition) is 1. The van der Waals surface area contributed by atoms with Crippen molar-refractivity contribution in [3.05, 3.63) is 65.6 Å². The monoisotopic (exact) mass is 358 g/mol. The van der Waals surface area contributed by atoms with Crippen molar-refractivity contribution in [2.24, 2.45) is 0 Å². The van der Waals surface area contributed by atoms with E-state index in [2.05, 4.69) is 10.3 Å². The Labute approximate surface area is 149 Å². The molecule has 0 unspecified atom stereocenters. The summed E-state index contributed by atoms with van der Waals surface area (Å²) >= 11 is 7.61. The molecular weight excluding hydrogens is 344 g/mol. The van der Waals surface area contributed by atoms with Crippen LogP contribution in [0.4, 0.5) is 5.69 Å². The first-order valence-corrected chi connectivity index (χ1v) is 8.67. The van der Waals surface area contributed by atoms with Crippen molar-refractivity contribution in [1.29, 1.82) is 0 Å². The number of carbonyl (C=O) groups excluding carboxylic acids is 1. The Balaban J connectivity index is 1.62. The van der Waals surface area contributed by atoms with Crippen molar-refractivity contribution in [2.45, 2.75) is 17.6 Å². The number of rotatable bonds is 5. The van der Waals surface area contributed by atoms with Crippen LogP contribution >= 0.6 is 23.4 Å². The molecular formula is C18H15ClN2O2S. The van der Waals surface area contributed by atoms with E-state index < -0.39 is 0 Å². The van der Waals surface area contributed by atoms with Crippen LogP contribution in [-0.4, -0.2) is 10.9 Å². The predicted molar refractivity (Wildman–Crippen MR) is 97.3 cm³/mol. The van der Waals surface area contributed by atoms with Crippen LogP contribution in [0.1, 0.15) is 12.8 Å². The summed E-state index contributed by atoms with van der Waals surface area (Å²) in [6.45, 7) is 1.49. The summed E-state index contributed by atoms with van der Waals surface area (Å²) in [5.41, 5.74) is 1.69. The summed E-state index contributed by atoms with van der Waals surface area (Å²) in [7, 11) is 0. The number of amides is 1. The van der Waals surface area contributed by atoms with Crippen molar-refractivity contribution in [3.8, 4) is 11.3 Å². The molecule has 24 heavy (non-hydrogen) atoms. The average Bonchev–Trinajstić information content (AvgIpc) is 3.03. The molecule has 0 saturated carbocycles. The van der Waals surface area contributed by atoms with Crippen LogP contribution in [0.25, 0.3) is 11.3 Å². The molecule has 1 N–H and O–H groups in total. The van der Waals surface area contributed by atoms with Gasteiger partial charge in [0, 0.05) is 28.1 Å². The molecule has 0 aliphatic heterocycles. The van der Waals surface area contributed by atoms with Gasteiger partial charge >= 0.3 is 0 Å². The molecule has 0 fully saturated rings. The third-order valence-electron chi connectivity index (χ3n) is 3.20. The van der Waals surface area contributed by atoms with E-state index >= 15 is 0 Å². The summed E-state index contributed by atoms with van der Waals surface area (Å²) in [6.07, 6.45) is 1.71. The van der Waals surface area contributed by atoms with E-state index in [1.54, 1.807) is 18.0 Å². The molecule has 4 nitrogen and oxygen atoms in total. The van der Waals surface area contributed by atoms with Gasteiger partial charge in [0.2, 0.25) is 11.8 Å². The van der Waals surface area contributed by atoms with E-state index in [0.29, 0.717) is 22.4 Å². The van der Waals surface area contributed by atoms with E-state index in [-0.39, 0.29) is 5.91 Å². The Morgan fingerprint density at radius 1 is 1.25 bits per heavy atom. The van der Waals surface area contributed by atoms with Gasteiger partial charge in [0.05, 0.1) is 11.9 Å². The fourth-order valence-electron chi connectivity index (χ4n) is 2.14. The van der Waals surface area contributed by atoms with Crippen LogP contribution in [0.2, 0.25) is 5.02 Å². The zero-order valence-electron chi connectivity index (χ0n) is 13.0. The number of anilines is 1. The van der Waals surface area contributed by atoms with Crippen molar-refractivity contribution in [1.82, 2.24) is 4.98 Å². The molecule has 0 aliphatic carbocycles. The molecule has 122 valence electrons. The van der Waals surface area contributed by atoms with Gasteiger partial charge in [-0.25, -0.2) is 4.98 Å². The summed E-state index contributed by atoms with van der Waals surface area (Å²) in [4.78, 5) is 16.4. The number of benzene rings is 2. The molecule has 0 radical (unpaired) electrons. The van der Waals surface area contributed by atoms with Crippen LogP contribution in [0.15, 0.2) is 64.0 Å². The minimum absolute atomic E-state index is 0.0799. The molecule has 0 bridgehead atoms. The lowest BCUT2D eigenvalue weighted by molar-refractivity contribution is -0.114. The number of oxazole rings is 1. The summed E-state index contributed by atoms with van der Waals surface area (Å²) in [5.74, 6) is 1.90. The van der Waals surface area contributed by atoms with E-state index in [1.165, 1.54) is 6.92 Å². The summed E-state index contributed by atoms with van der Waals surface area (Å²) in [6, 6.07) is 15.1. The topological polar surface area (TPSA) is 55.1 Å². The van der Waals surface area contributed by atoms with Gasteiger partial charge < -0.3 is 9.73 Å². The second-order valence-electron chi connectivity index (χ2n) is 5.12. The SMILES string of the molecule is CC(=O)Nc1ccc(SCc2ncc(-c3cccc(Cl)c3)o2)cc1. The molecule has 1 heterocycles. The first kappa shape index (κ1) is 16.6. The minimum Gasteiger partial charge on any atom is -0.440 e. The quantitative estimate of drug-likeness (QED) is 0.633. The molecule has 2 aromatic carbocycles. The number of thioether (sulfide) groups is 1. The minimum atomic E-state index is -0.0799. The molecule has 0 saturated heterocycles. The number of nitrogens with one attached hydrogen (secondary N) is 1. The molecule has 3 aromatic rings. The smallest absolute Gasteiger partial charge is 0.221 e. The Kier molecular flexibility index (Phi) is 5.23. The van der Waals surface area contributed by atoms with Gasteiger partial charge in [0.15, 0.2) is 5.76 Å². The maximum Gasteiger partial charge on any atom is 0.221 e. The van der Waals surface area contributed by atoms with Gasteiger partial charge in [-0.3, -0.25) is 4.79 Å². The zero-order valence-corrected chi connectivity index (χ0v) is 14.5. The van der Waals surface area contributed by atoms with Crippen molar-refractivity contribution >= 4 is 35.0 Å². The molecule has 0 aliphatic rings. The standard InChI is InChI=1S/C18H15ClN2O2S/c1-12(22)21-15-5-7-16(8-6-15)24-11-18-20-10-17(23-18)13-3-2-4-14(19)9-13/h2-10H,11H2,1H3,(H,21,22). The van der Waals surface area contributed by atoms with Gasteiger partial charge in [-0.2, -0.15) is 0 Å². The highest BCUT2D eigenvalue weighted by Crippen LogP contribution is 2.27. The van der Waals surface area contributed by atoms with Crippen molar-refractivity contribution in [3.63, 3.8) is 0 Å². The number of nitrogens with zero attached hydrogens (tertiary/aromatic N) is 1. The van der Waals surface area contributed by atoms with Crippen molar-refractivity contribution in [2.75, 3.05) is 5.32 Å². The Hall–Kier alpha value is -2.24. The molecule has 0 atom stereocenters. The van der Waals surface area contributed by atoms with Crippen LogP contribution in [-0.2, 0) is 10.5 Å². The van der Waals surface area contributed by atoms with Crippen LogP contribution in [0, 0.1) is 0 Å². The van der Waals surface area contributed by atoms with Crippen LogP contribution in [0.5, 0.6) is 0 Å². The molecule has 3 rings (SSSR count). The zero-order chi connectivity index (χ0) is 16.9. The van der Waals surface area contributed by atoms with Gasteiger partial charge in [-0.05, 0) is 36.4 Å². The van der Waals surface area contributed by atoms with E-state index in [4.69, 9.17) is 16.0 Å². The second-order valence-corrected chi connectivity index (χ2v) is 6.61. The summed E-state index contributed by atoms with van der Waals surface area (Å²) in [5, 5.41) is 3.41. The molecule has 1 amide bonds. The maximum atomic E-state index is 11.0. The van der Waals surface area contributed by atoms with Crippen LogP contribution < -0.4 is 5.32 Å². The second kappa shape index (κ2) is 7.55. The van der Waals surface area contributed by atoms with E-state index in [1.807, 2.05) is 48.5 Å². The van der Waals surface area contributed by atoms with Gasteiger partial charge in [-0.1, -0.05) is 23.7 Å². The first-order chi connectivity index (χ1) is 11.6. The number of aromatic nitrogens is 1. The van der Waals surface area contributed by atoms with Crippen LogP contribution in [0.3, 0.4) is 0 Å². The lowest BCUT2D eigenvalue weighted by atomic mass is 10.2. The Morgan fingerprint density at radius 2 is 2.04 bits per heavy atom.